The molecule has 198 valence electrons. The van der Waals surface area contributed by atoms with Gasteiger partial charge >= 0.3 is 12.1 Å². The number of nitrogens with one attached hydrogen (secondary N) is 1. The number of benzene rings is 3. The molecule has 2 N–H and O–H groups in total. The number of carboxylic acids is 1. The second-order valence-corrected chi connectivity index (χ2v) is 9.67. The van der Waals surface area contributed by atoms with E-state index < -0.39 is 17.7 Å². The van der Waals surface area contributed by atoms with E-state index in [1.807, 2.05) is 25.1 Å². The number of halogens is 3. The zero-order chi connectivity index (χ0) is 27.0. The van der Waals surface area contributed by atoms with Crippen molar-refractivity contribution in [3.8, 4) is 5.75 Å². The summed E-state index contributed by atoms with van der Waals surface area (Å²) in [6.07, 6.45) is -2.00. The normalized spacial score (nSPS) is 11.4. The van der Waals surface area contributed by atoms with Crippen molar-refractivity contribution in [3.05, 3.63) is 88.0 Å². The molecule has 37 heavy (non-hydrogen) atoms. The number of alkyl halides is 3. The molecule has 0 aliphatic carbocycles. The summed E-state index contributed by atoms with van der Waals surface area (Å²) in [5.41, 5.74) is 5.87. The number of hydrogen-bond donors (Lipinski definition) is 2. The van der Waals surface area contributed by atoms with Gasteiger partial charge in [0.1, 0.15) is 5.75 Å². The van der Waals surface area contributed by atoms with E-state index in [4.69, 9.17) is 9.84 Å². The summed E-state index contributed by atoms with van der Waals surface area (Å²) in [5.74, 6) is 0.422. The first-order chi connectivity index (χ1) is 17.6. The molecule has 3 rings (SSSR count). The van der Waals surface area contributed by atoms with Gasteiger partial charge in [-0.25, -0.2) is 4.79 Å². The summed E-state index contributed by atoms with van der Waals surface area (Å²) in [6.45, 7) is 6.49. The van der Waals surface area contributed by atoms with Crippen LogP contribution in [0.5, 0.6) is 5.75 Å². The van der Waals surface area contributed by atoms with Gasteiger partial charge in [-0.1, -0.05) is 32.0 Å². The maximum Gasteiger partial charge on any atom is 0.416 e. The van der Waals surface area contributed by atoms with Gasteiger partial charge in [0, 0.05) is 22.9 Å². The molecule has 0 aromatic heterocycles. The van der Waals surface area contributed by atoms with Gasteiger partial charge in [-0.05, 0) is 90.4 Å². The number of ether oxygens (including phenoxy) is 1. The Morgan fingerprint density at radius 1 is 0.973 bits per heavy atom. The molecule has 4 nitrogen and oxygen atoms in total. The fraction of sp³-hybridized carbons (Fsp3) is 0.345. The van der Waals surface area contributed by atoms with Crippen LogP contribution in [-0.2, 0) is 36.0 Å². The topological polar surface area (TPSA) is 58.6 Å². The van der Waals surface area contributed by atoms with Gasteiger partial charge in [0.05, 0.1) is 5.56 Å². The minimum atomic E-state index is -4.33. The first-order valence-corrected chi connectivity index (χ1v) is 13.2. The van der Waals surface area contributed by atoms with Crippen LogP contribution in [0.3, 0.4) is 0 Å². The molecule has 0 amide bonds. The van der Waals surface area contributed by atoms with E-state index in [0.717, 1.165) is 47.6 Å². The second kappa shape index (κ2) is 12.9. The monoisotopic (exact) mass is 531 g/mol. The minimum absolute atomic E-state index is 0.359. The van der Waals surface area contributed by atoms with Crippen molar-refractivity contribution in [3.63, 3.8) is 0 Å². The third kappa shape index (κ3) is 7.68. The first-order valence-electron chi connectivity index (χ1n) is 12.2. The number of aliphatic carboxylic acids is 1. The standard InChI is InChI=1S/C29H32F3NO3S/c1-4-24-25(5-2)27(14-13-26(24)36-17-28(34)35)37-18-21-8-6-7-20(19(21)3)15-16-33-23-11-9-22(10-12-23)29(30,31)32/h6-14,33H,4-5,15-18H2,1-3H3,(H,34,35). The van der Waals surface area contributed by atoms with E-state index in [1.165, 1.54) is 34.4 Å². The van der Waals surface area contributed by atoms with Crippen LogP contribution in [0.4, 0.5) is 18.9 Å². The van der Waals surface area contributed by atoms with Crippen molar-refractivity contribution >= 4 is 23.4 Å². The van der Waals surface area contributed by atoms with Gasteiger partial charge < -0.3 is 15.2 Å². The molecular weight excluding hydrogens is 499 g/mol. The number of thioether (sulfide) groups is 1. The molecule has 0 fully saturated rings. The van der Waals surface area contributed by atoms with E-state index >= 15 is 0 Å². The minimum Gasteiger partial charge on any atom is -0.482 e. The van der Waals surface area contributed by atoms with Gasteiger partial charge in [0.15, 0.2) is 6.61 Å². The number of carboxylic acid groups (broad SMARTS) is 1. The van der Waals surface area contributed by atoms with Crippen LogP contribution >= 0.6 is 11.8 Å². The first kappa shape index (κ1) is 28.4. The van der Waals surface area contributed by atoms with Crippen LogP contribution < -0.4 is 10.1 Å². The van der Waals surface area contributed by atoms with Crippen LogP contribution in [0.1, 0.15) is 47.2 Å². The average molecular weight is 532 g/mol. The highest BCUT2D eigenvalue weighted by Crippen LogP contribution is 2.35. The zero-order valence-corrected chi connectivity index (χ0v) is 22.1. The molecule has 0 aliphatic heterocycles. The number of anilines is 1. The number of carbonyl (C=O) groups is 1. The van der Waals surface area contributed by atoms with Crippen molar-refractivity contribution in [1.29, 1.82) is 0 Å². The van der Waals surface area contributed by atoms with Crippen molar-refractivity contribution < 1.29 is 27.8 Å². The Morgan fingerprint density at radius 2 is 1.65 bits per heavy atom. The Hall–Kier alpha value is -3.13. The molecule has 0 spiro atoms. The molecule has 0 atom stereocenters. The highest BCUT2D eigenvalue weighted by Gasteiger charge is 2.29. The fourth-order valence-corrected chi connectivity index (χ4v) is 5.50. The van der Waals surface area contributed by atoms with Crippen LogP contribution in [0.25, 0.3) is 0 Å². The van der Waals surface area contributed by atoms with Crippen molar-refractivity contribution in [2.45, 2.75) is 56.9 Å². The third-order valence-corrected chi connectivity index (χ3v) is 7.43. The zero-order valence-electron chi connectivity index (χ0n) is 21.2. The molecule has 8 heteroatoms. The highest BCUT2D eigenvalue weighted by molar-refractivity contribution is 7.98. The van der Waals surface area contributed by atoms with E-state index in [9.17, 15) is 18.0 Å². The molecule has 0 saturated carbocycles. The van der Waals surface area contributed by atoms with Crippen LogP contribution in [0.15, 0.2) is 59.5 Å². The largest absolute Gasteiger partial charge is 0.482 e. The molecule has 0 saturated heterocycles. The fourth-order valence-electron chi connectivity index (χ4n) is 4.27. The lowest BCUT2D eigenvalue weighted by Gasteiger charge is -2.18. The molecule has 0 aliphatic rings. The summed E-state index contributed by atoms with van der Waals surface area (Å²) in [5, 5.41) is 12.2. The maximum atomic E-state index is 12.8. The Kier molecular flexibility index (Phi) is 9.92. The predicted molar refractivity (Wildman–Crippen MR) is 143 cm³/mol. The van der Waals surface area contributed by atoms with Crippen LogP contribution in [0.2, 0.25) is 0 Å². The Morgan fingerprint density at radius 3 is 2.27 bits per heavy atom. The molecule has 0 unspecified atom stereocenters. The molecule has 0 bridgehead atoms. The van der Waals surface area contributed by atoms with Crippen LogP contribution in [0, 0.1) is 6.92 Å². The number of rotatable bonds is 12. The summed E-state index contributed by atoms with van der Waals surface area (Å²) < 4.78 is 43.8. The lowest BCUT2D eigenvalue weighted by molar-refractivity contribution is -0.139. The second-order valence-electron chi connectivity index (χ2n) is 8.65. The SMILES string of the molecule is CCc1c(OCC(=O)O)ccc(SCc2cccc(CCNc3ccc(C(F)(F)F)cc3)c2C)c1CC. The maximum absolute atomic E-state index is 12.8. The van der Waals surface area contributed by atoms with Crippen molar-refractivity contribution in [2.75, 3.05) is 18.5 Å². The lowest BCUT2D eigenvalue weighted by Crippen LogP contribution is -2.11. The van der Waals surface area contributed by atoms with Gasteiger partial charge in [-0.3, -0.25) is 0 Å². The van der Waals surface area contributed by atoms with Crippen LogP contribution in [-0.4, -0.2) is 24.2 Å². The van der Waals surface area contributed by atoms with E-state index in [0.29, 0.717) is 18.0 Å². The molecule has 3 aromatic carbocycles. The smallest absolute Gasteiger partial charge is 0.416 e. The Bertz CT molecular complexity index is 1210. The van der Waals surface area contributed by atoms with Crippen molar-refractivity contribution in [1.82, 2.24) is 0 Å². The molecule has 0 radical (unpaired) electrons. The molecular formula is C29H32F3NO3S. The summed E-state index contributed by atoms with van der Waals surface area (Å²) >= 11 is 1.75. The quantitative estimate of drug-likeness (QED) is 0.236. The Labute approximate surface area is 220 Å². The third-order valence-electron chi connectivity index (χ3n) is 6.28. The van der Waals surface area contributed by atoms with Gasteiger partial charge in [0.2, 0.25) is 0 Å². The van der Waals surface area contributed by atoms with E-state index in [1.54, 1.807) is 11.8 Å². The Balaban J connectivity index is 1.65. The summed E-state index contributed by atoms with van der Waals surface area (Å²) in [7, 11) is 0. The van der Waals surface area contributed by atoms with Gasteiger partial charge in [0.25, 0.3) is 0 Å². The number of hydrogen-bond acceptors (Lipinski definition) is 4. The van der Waals surface area contributed by atoms with Gasteiger partial charge in [-0.2, -0.15) is 13.2 Å². The average Bonchev–Trinajstić information content (AvgIpc) is 2.87. The lowest BCUT2D eigenvalue weighted by atomic mass is 10.0. The highest BCUT2D eigenvalue weighted by atomic mass is 32.2. The van der Waals surface area contributed by atoms with E-state index in [-0.39, 0.29) is 6.61 Å². The van der Waals surface area contributed by atoms with E-state index in [2.05, 4.69) is 31.3 Å². The predicted octanol–water partition coefficient (Wildman–Crippen LogP) is 7.55. The summed E-state index contributed by atoms with van der Waals surface area (Å²) in [4.78, 5) is 12.1. The molecule has 0 heterocycles. The summed E-state index contributed by atoms with van der Waals surface area (Å²) in [6, 6.07) is 15.2. The van der Waals surface area contributed by atoms with Crippen molar-refractivity contribution in [2.24, 2.45) is 0 Å². The van der Waals surface area contributed by atoms with Gasteiger partial charge in [-0.15, -0.1) is 11.8 Å². The molecule has 3 aromatic rings.